The van der Waals surface area contributed by atoms with Crippen molar-refractivity contribution in [3.63, 3.8) is 0 Å². The summed E-state index contributed by atoms with van der Waals surface area (Å²) in [6.45, 7) is 1.75. The molecule has 9 heteroatoms. The molecule has 0 aliphatic rings. The maximum Gasteiger partial charge on any atom is 0.253 e. The van der Waals surface area contributed by atoms with E-state index in [0.717, 1.165) is 0 Å². The molecule has 1 aromatic heterocycles. The van der Waals surface area contributed by atoms with Crippen LogP contribution in [0.5, 0.6) is 0 Å². The number of tetrazole rings is 1. The molecule has 100 valence electrons. The van der Waals surface area contributed by atoms with Crippen LogP contribution in [0.3, 0.4) is 0 Å². The van der Waals surface area contributed by atoms with Crippen molar-refractivity contribution in [3.05, 3.63) is 37.1 Å². The topological polar surface area (TPSA) is 83.6 Å². The predicted octanol–water partition coefficient (Wildman–Crippen LogP) is 2.60. The van der Waals surface area contributed by atoms with Crippen molar-refractivity contribution in [2.75, 3.05) is 0 Å². The Morgan fingerprint density at radius 1 is 1.47 bits per heavy atom. The predicted molar refractivity (Wildman–Crippen MR) is 79.2 cm³/mol. The Balaban J connectivity index is 2.21. The van der Waals surface area contributed by atoms with E-state index in [1.165, 1.54) is 0 Å². The van der Waals surface area contributed by atoms with Gasteiger partial charge in [-0.15, -0.1) is 10.2 Å². The highest BCUT2D eigenvalue weighted by atomic mass is 127. The largest absolute Gasteiger partial charge is 0.342 e. The smallest absolute Gasteiger partial charge is 0.253 e. The normalized spacial score (nSPS) is 12.2. The lowest BCUT2D eigenvalue weighted by Crippen LogP contribution is -2.28. The van der Waals surface area contributed by atoms with E-state index in [4.69, 9.17) is 23.2 Å². The van der Waals surface area contributed by atoms with Crippen LogP contribution in [0.2, 0.25) is 10.0 Å². The van der Waals surface area contributed by atoms with Gasteiger partial charge in [-0.25, -0.2) is 0 Å². The molecule has 6 nitrogen and oxygen atoms in total. The highest BCUT2D eigenvalue weighted by Crippen LogP contribution is 2.27. The van der Waals surface area contributed by atoms with E-state index in [2.05, 4.69) is 25.9 Å². The minimum Gasteiger partial charge on any atom is -0.342 e. The Labute approximate surface area is 132 Å². The summed E-state index contributed by atoms with van der Waals surface area (Å²) in [6, 6.07) is 2.78. The van der Waals surface area contributed by atoms with E-state index in [1.807, 2.05) is 22.6 Å². The monoisotopic (exact) mass is 411 g/mol. The molecule has 0 bridgehead atoms. The quantitative estimate of drug-likeness (QED) is 0.600. The van der Waals surface area contributed by atoms with Gasteiger partial charge in [0.15, 0.2) is 5.82 Å². The summed E-state index contributed by atoms with van der Waals surface area (Å²) in [6.07, 6.45) is 0. The Morgan fingerprint density at radius 2 is 2.21 bits per heavy atom. The fourth-order valence-corrected chi connectivity index (χ4v) is 2.46. The number of hydrogen-bond donors (Lipinski definition) is 2. The van der Waals surface area contributed by atoms with Crippen LogP contribution in [-0.4, -0.2) is 26.5 Å². The molecule has 0 radical (unpaired) electrons. The van der Waals surface area contributed by atoms with E-state index < -0.39 is 0 Å². The molecule has 1 aromatic carbocycles. The number of amides is 1. The molecule has 2 aromatic rings. The van der Waals surface area contributed by atoms with Crippen LogP contribution in [0.15, 0.2) is 12.1 Å². The Kier molecular flexibility index (Phi) is 4.58. The van der Waals surface area contributed by atoms with Crippen LogP contribution in [0, 0.1) is 3.57 Å². The van der Waals surface area contributed by atoms with Crippen LogP contribution < -0.4 is 5.32 Å². The van der Waals surface area contributed by atoms with Crippen LogP contribution >= 0.6 is 45.8 Å². The number of aromatic nitrogens is 4. The molecule has 1 heterocycles. The standard InChI is InChI=1S/C10H8Cl2IN5O/c1-4(9-15-17-18-16-9)14-10(19)6-2-5(11)3-7(12)8(6)13/h2-4H,1H3,(H,14,19)(H,15,16,17,18). The third-order valence-electron chi connectivity index (χ3n) is 2.33. The molecule has 0 saturated carbocycles. The van der Waals surface area contributed by atoms with E-state index in [-0.39, 0.29) is 11.9 Å². The van der Waals surface area contributed by atoms with Gasteiger partial charge in [0, 0.05) is 8.59 Å². The van der Waals surface area contributed by atoms with E-state index >= 15 is 0 Å². The number of nitrogens with zero attached hydrogens (tertiary/aromatic N) is 3. The second kappa shape index (κ2) is 6.02. The summed E-state index contributed by atoms with van der Waals surface area (Å²) in [5, 5.41) is 17.0. The summed E-state index contributed by atoms with van der Waals surface area (Å²) in [5.74, 6) is 0.0996. The summed E-state index contributed by atoms with van der Waals surface area (Å²) in [5.41, 5.74) is 0.411. The summed E-state index contributed by atoms with van der Waals surface area (Å²) >= 11 is 13.9. The highest BCUT2D eigenvalue weighted by molar-refractivity contribution is 14.1. The average molecular weight is 412 g/mol. The van der Waals surface area contributed by atoms with Crippen molar-refractivity contribution in [1.82, 2.24) is 25.9 Å². The maximum atomic E-state index is 12.2. The zero-order valence-electron chi connectivity index (χ0n) is 9.62. The fourth-order valence-electron chi connectivity index (χ4n) is 1.41. The second-order valence-corrected chi connectivity index (χ2v) is 5.64. The minimum absolute atomic E-state index is 0.300. The Morgan fingerprint density at radius 3 is 2.84 bits per heavy atom. The van der Waals surface area contributed by atoms with E-state index in [0.29, 0.717) is 25.0 Å². The second-order valence-electron chi connectivity index (χ2n) is 3.71. The molecule has 0 spiro atoms. The SMILES string of the molecule is CC(NC(=O)c1cc(Cl)cc(Cl)c1I)c1nn[nH]n1. The summed E-state index contributed by atoms with van der Waals surface area (Å²) < 4.78 is 0.640. The van der Waals surface area contributed by atoms with Crippen LogP contribution in [0.25, 0.3) is 0 Å². The molecule has 1 atom stereocenters. The molecular formula is C10H8Cl2IN5O. The van der Waals surface area contributed by atoms with Crippen LogP contribution in [-0.2, 0) is 0 Å². The molecule has 2 rings (SSSR count). The lowest BCUT2D eigenvalue weighted by molar-refractivity contribution is 0.0937. The molecule has 0 saturated heterocycles. The third-order valence-corrected chi connectivity index (χ3v) is 4.33. The maximum absolute atomic E-state index is 12.2. The highest BCUT2D eigenvalue weighted by Gasteiger charge is 2.18. The van der Waals surface area contributed by atoms with Crippen molar-refractivity contribution >= 4 is 51.7 Å². The van der Waals surface area contributed by atoms with Gasteiger partial charge >= 0.3 is 0 Å². The number of H-pyrrole nitrogens is 1. The minimum atomic E-state index is -0.375. The first-order valence-electron chi connectivity index (χ1n) is 5.17. The molecule has 2 N–H and O–H groups in total. The van der Waals surface area contributed by atoms with E-state index in [9.17, 15) is 4.79 Å². The third kappa shape index (κ3) is 3.34. The Bertz CT molecular complexity index is 604. The first-order chi connectivity index (χ1) is 8.99. The number of rotatable bonds is 3. The average Bonchev–Trinajstić information content (AvgIpc) is 2.87. The Hall–Kier alpha value is -0.930. The first kappa shape index (κ1) is 14.5. The number of carbonyl (C=O) groups is 1. The van der Waals surface area contributed by atoms with Gasteiger partial charge < -0.3 is 5.32 Å². The van der Waals surface area contributed by atoms with E-state index in [1.54, 1.807) is 19.1 Å². The molecular weight excluding hydrogens is 404 g/mol. The zero-order chi connectivity index (χ0) is 14.0. The van der Waals surface area contributed by atoms with Crippen LogP contribution in [0.1, 0.15) is 29.1 Å². The molecule has 0 aliphatic heterocycles. The first-order valence-corrected chi connectivity index (χ1v) is 7.01. The number of benzene rings is 1. The van der Waals surface area contributed by atoms with Crippen molar-refractivity contribution in [3.8, 4) is 0 Å². The number of halogens is 3. The lowest BCUT2D eigenvalue weighted by Gasteiger charge is -2.12. The molecule has 1 amide bonds. The van der Waals surface area contributed by atoms with Crippen molar-refractivity contribution in [2.45, 2.75) is 13.0 Å². The van der Waals surface area contributed by atoms with Crippen molar-refractivity contribution < 1.29 is 4.79 Å². The molecule has 0 fully saturated rings. The van der Waals surface area contributed by atoms with Crippen molar-refractivity contribution in [1.29, 1.82) is 0 Å². The molecule has 19 heavy (non-hydrogen) atoms. The number of hydrogen-bond acceptors (Lipinski definition) is 4. The zero-order valence-corrected chi connectivity index (χ0v) is 13.3. The van der Waals surface area contributed by atoms with Gasteiger partial charge in [-0.05, 0) is 41.6 Å². The van der Waals surface area contributed by atoms with Gasteiger partial charge in [0.1, 0.15) is 0 Å². The summed E-state index contributed by atoms with van der Waals surface area (Å²) in [7, 11) is 0. The molecule has 1 unspecified atom stereocenters. The van der Waals surface area contributed by atoms with Gasteiger partial charge in [-0.3, -0.25) is 4.79 Å². The van der Waals surface area contributed by atoms with Gasteiger partial charge in [0.25, 0.3) is 5.91 Å². The molecule has 0 aliphatic carbocycles. The lowest BCUT2D eigenvalue weighted by atomic mass is 10.2. The number of carbonyl (C=O) groups excluding carboxylic acids is 1. The number of nitrogens with one attached hydrogen (secondary N) is 2. The van der Waals surface area contributed by atoms with Crippen LogP contribution in [0.4, 0.5) is 0 Å². The summed E-state index contributed by atoms with van der Waals surface area (Å²) in [4.78, 5) is 12.2. The number of aromatic amines is 1. The van der Waals surface area contributed by atoms with Gasteiger partial charge in [-0.1, -0.05) is 28.4 Å². The fraction of sp³-hybridized carbons (Fsp3) is 0.200. The van der Waals surface area contributed by atoms with Gasteiger partial charge in [0.2, 0.25) is 0 Å². The van der Waals surface area contributed by atoms with Gasteiger partial charge in [-0.2, -0.15) is 5.21 Å². The van der Waals surface area contributed by atoms with Gasteiger partial charge in [0.05, 0.1) is 16.6 Å². The van der Waals surface area contributed by atoms with Crippen molar-refractivity contribution in [2.24, 2.45) is 0 Å².